The van der Waals surface area contributed by atoms with Crippen LogP contribution >= 0.6 is 0 Å². The normalized spacial score (nSPS) is 21.6. The molecule has 0 saturated heterocycles. The SMILES string of the molecule is CC1CCC(Nc2cccc(CNC(=O)OC(C)(C)C)c2)CC1. The van der Waals surface area contributed by atoms with Crippen molar-refractivity contribution in [2.75, 3.05) is 5.32 Å². The second kappa shape index (κ2) is 7.71. The van der Waals surface area contributed by atoms with Gasteiger partial charge in [-0.15, -0.1) is 0 Å². The van der Waals surface area contributed by atoms with E-state index >= 15 is 0 Å². The van der Waals surface area contributed by atoms with E-state index in [4.69, 9.17) is 4.74 Å². The van der Waals surface area contributed by atoms with E-state index in [-0.39, 0.29) is 6.09 Å². The molecule has 4 heteroatoms. The molecular formula is C19H30N2O2. The number of hydrogen-bond donors (Lipinski definition) is 2. The van der Waals surface area contributed by atoms with Crippen LogP contribution in [0.15, 0.2) is 24.3 Å². The summed E-state index contributed by atoms with van der Waals surface area (Å²) in [5.74, 6) is 0.859. The van der Waals surface area contributed by atoms with E-state index in [1.54, 1.807) is 0 Å². The Balaban J connectivity index is 1.83. The van der Waals surface area contributed by atoms with Gasteiger partial charge >= 0.3 is 6.09 Å². The lowest BCUT2D eigenvalue weighted by molar-refractivity contribution is 0.0523. The summed E-state index contributed by atoms with van der Waals surface area (Å²) in [5.41, 5.74) is 1.74. The number of anilines is 1. The second-order valence-corrected chi connectivity index (χ2v) is 7.66. The monoisotopic (exact) mass is 318 g/mol. The number of carbonyl (C=O) groups is 1. The zero-order valence-corrected chi connectivity index (χ0v) is 14.8. The van der Waals surface area contributed by atoms with Crippen molar-refractivity contribution in [1.29, 1.82) is 0 Å². The van der Waals surface area contributed by atoms with Crippen LogP contribution in [0.3, 0.4) is 0 Å². The van der Waals surface area contributed by atoms with Gasteiger partial charge in [-0.2, -0.15) is 0 Å². The molecule has 0 radical (unpaired) electrons. The number of alkyl carbamates (subject to hydrolysis) is 1. The molecule has 1 fully saturated rings. The maximum atomic E-state index is 11.7. The maximum absolute atomic E-state index is 11.7. The quantitative estimate of drug-likeness (QED) is 0.846. The minimum absolute atomic E-state index is 0.378. The zero-order chi connectivity index (χ0) is 16.9. The van der Waals surface area contributed by atoms with Gasteiger partial charge in [-0.3, -0.25) is 0 Å². The first kappa shape index (κ1) is 17.6. The van der Waals surface area contributed by atoms with Gasteiger partial charge in [-0.25, -0.2) is 4.79 Å². The van der Waals surface area contributed by atoms with Gasteiger partial charge in [0.25, 0.3) is 0 Å². The van der Waals surface area contributed by atoms with Crippen LogP contribution in [-0.2, 0) is 11.3 Å². The Bertz CT molecular complexity index is 514. The average Bonchev–Trinajstić information content (AvgIpc) is 2.46. The molecule has 0 atom stereocenters. The van der Waals surface area contributed by atoms with Crippen LogP contribution in [0.2, 0.25) is 0 Å². The van der Waals surface area contributed by atoms with Gasteiger partial charge < -0.3 is 15.4 Å². The summed E-state index contributed by atoms with van der Waals surface area (Å²) in [7, 11) is 0. The molecule has 1 saturated carbocycles. The van der Waals surface area contributed by atoms with Gasteiger partial charge in [0, 0.05) is 18.3 Å². The van der Waals surface area contributed by atoms with Crippen LogP contribution < -0.4 is 10.6 Å². The van der Waals surface area contributed by atoms with Crippen LogP contribution in [0.25, 0.3) is 0 Å². The maximum Gasteiger partial charge on any atom is 0.407 e. The van der Waals surface area contributed by atoms with Crippen LogP contribution in [0.5, 0.6) is 0 Å². The fourth-order valence-corrected chi connectivity index (χ4v) is 2.90. The molecule has 4 nitrogen and oxygen atoms in total. The van der Waals surface area contributed by atoms with Crippen molar-refractivity contribution in [1.82, 2.24) is 5.32 Å². The van der Waals surface area contributed by atoms with Gasteiger partial charge in [-0.1, -0.05) is 19.1 Å². The molecule has 1 amide bonds. The summed E-state index contributed by atoms with van der Waals surface area (Å²) < 4.78 is 5.26. The van der Waals surface area contributed by atoms with Crippen molar-refractivity contribution in [3.8, 4) is 0 Å². The number of rotatable bonds is 4. The van der Waals surface area contributed by atoms with Crippen LogP contribution in [0, 0.1) is 5.92 Å². The fraction of sp³-hybridized carbons (Fsp3) is 0.632. The van der Waals surface area contributed by atoms with E-state index in [1.807, 2.05) is 32.9 Å². The third-order valence-corrected chi connectivity index (χ3v) is 4.15. The molecule has 0 aliphatic heterocycles. The van der Waals surface area contributed by atoms with E-state index in [1.165, 1.54) is 25.7 Å². The number of carbonyl (C=O) groups excluding carboxylic acids is 1. The summed E-state index contributed by atoms with van der Waals surface area (Å²) in [5, 5.41) is 6.43. The molecule has 128 valence electrons. The Hall–Kier alpha value is -1.71. The topological polar surface area (TPSA) is 50.4 Å². The van der Waals surface area contributed by atoms with Crippen LogP contribution in [0.1, 0.15) is 58.9 Å². The van der Waals surface area contributed by atoms with Crippen molar-refractivity contribution in [3.63, 3.8) is 0 Å². The molecular weight excluding hydrogens is 288 g/mol. The molecule has 0 unspecified atom stereocenters. The second-order valence-electron chi connectivity index (χ2n) is 7.66. The lowest BCUT2D eigenvalue weighted by Gasteiger charge is -2.27. The Morgan fingerprint density at radius 3 is 2.57 bits per heavy atom. The van der Waals surface area contributed by atoms with E-state index in [9.17, 15) is 4.79 Å². The third-order valence-electron chi connectivity index (χ3n) is 4.15. The van der Waals surface area contributed by atoms with Crippen molar-refractivity contribution in [3.05, 3.63) is 29.8 Å². The van der Waals surface area contributed by atoms with Crippen molar-refractivity contribution >= 4 is 11.8 Å². The summed E-state index contributed by atoms with van der Waals surface area (Å²) in [4.78, 5) is 11.7. The van der Waals surface area contributed by atoms with Crippen molar-refractivity contribution in [2.24, 2.45) is 5.92 Å². The van der Waals surface area contributed by atoms with E-state index < -0.39 is 5.60 Å². The fourth-order valence-electron chi connectivity index (χ4n) is 2.90. The van der Waals surface area contributed by atoms with E-state index in [2.05, 4.69) is 29.7 Å². The van der Waals surface area contributed by atoms with E-state index in [0.717, 1.165) is 17.2 Å². The first-order valence-electron chi connectivity index (χ1n) is 8.64. The highest BCUT2D eigenvalue weighted by atomic mass is 16.6. The first-order valence-corrected chi connectivity index (χ1v) is 8.64. The largest absolute Gasteiger partial charge is 0.444 e. The highest BCUT2D eigenvalue weighted by Crippen LogP contribution is 2.26. The Labute approximate surface area is 140 Å². The molecule has 1 aromatic carbocycles. The van der Waals surface area contributed by atoms with Crippen LogP contribution in [-0.4, -0.2) is 17.7 Å². The molecule has 1 aliphatic rings. The van der Waals surface area contributed by atoms with E-state index in [0.29, 0.717) is 12.6 Å². The Morgan fingerprint density at radius 2 is 1.91 bits per heavy atom. The number of hydrogen-bond acceptors (Lipinski definition) is 3. The number of nitrogens with one attached hydrogen (secondary N) is 2. The average molecular weight is 318 g/mol. The standard InChI is InChI=1S/C19H30N2O2/c1-14-8-10-16(11-9-14)21-17-7-5-6-15(12-17)13-20-18(22)23-19(2,3)4/h5-7,12,14,16,21H,8-11,13H2,1-4H3,(H,20,22). The number of benzene rings is 1. The molecule has 2 N–H and O–H groups in total. The Morgan fingerprint density at radius 1 is 1.22 bits per heavy atom. The van der Waals surface area contributed by atoms with Gasteiger partial charge in [-0.05, 0) is 70.1 Å². The third kappa shape index (κ3) is 6.51. The van der Waals surface area contributed by atoms with Crippen molar-refractivity contribution in [2.45, 2.75) is 71.6 Å². The zero-order valence-electron chi connectivity index (χ0n) is 14.8. The van der Waals surface area contributed by atoms with Crippen molar-refractivity contribution < 1.29 is 9.53 Å². The lowest BCUT2D eigenvalue weighted by Crippen LogP contribution is -2.32. The summed E-state index contributed by atoms with van der Waals surface area (Å²) >= 11 is 0. The van der Waals surface area contributed by atoms with Gasteiger partial charge in [0.2, 0.25) is 0 Å². The highest BCUT2D eigenvalue weighted by Gasteiger charge is 2.18. The van der Waals surface area contributed by atoms with Crippen LogP contribution in [0.4, 0.5) is 10.5 Å². The molecule has 2 rings (SSSR count). The number of ether oxygens (including phenoxy) is 1. The minimum atomic E-state index is -0.467. The molecule has 1 aliphatic carbocycles. The summed E-state index contributed by atoms with van der Waals surface area (Å²) in [6, 6.07) is 8.82. The predicted molar refractivity (Wildman–Crippen MR) is 94.6 cm³/mol. The number of amides is 1. The predicted octanol–water partition coefficient (Wildman–Crippen LogP) is 4.70. The Kier molecular flexibility index (Phi) is 5.91. The first-order chi connectivity index (χ1) is 10.8. The molecule has 0 aromatic heterocycles. The summed E-state index contributed by atoms with van der Waals surface area (Å²) in [6.07, 6.45) is 4.70. The lowest BCUT2D eigenvalue weighted by atomic mass is 9.87. The molecule has 23 heavy (non-hydrogen) atoms. The smallest absolute Gasteiger partial charge is 0.407 e. The van der Waals surface area contributed by atoms with Gasteiger partial charge in [0.05, 0.1) is 0 Å². The molecule has 0 spiro atoms. The summed E-state index contributed by atoms with van der Waals surface area (Å²) in [6.45, 7) is 8.40. The molecule has 1 aromatic rings. The van der Waals surface area contributed by atoms with Gasteiger partial charge in [0.1, 0.15) is 5.60 Å². The molecule has 0 bridgehead atoms. The van der Waals surface area contributed by atoms with Gasteiger partial charge in [0.15, 0.2) is 0 Å². The highest BCUT2D eigenvalue weighted by molar-refractivity contribution is 5.67. The molecule has 0 heterocycles. The minimum Gasteiger partial charge on any atom is -0.444 e.